The van der Waals surface area contributed by atoms with E-state index in [1.807, 2.05) is 12.1 Å². The van der Waals surface area contributed by atoms with Gasteiger partial charge in [0.15, 0.2) is 0 Å². The lowest BCUT2D eigenvalue weighted by Gasteiger charge is -2.22. The first-order valence-corrected chi connectivity index (χ1v) is 6.20. The lowest BCUT2D eigenvalue weighted by molar-refractivity contribution is -0.137. The average Bonchev–Trinajstić information content (AvgIpc) is 2.74. The number of hydrogen-bond acceptors (Lipinski definition) is 2. The Kier molecular flexibility index (Phi) is 3.87. The molecule has 1 aromatic rings. The monoisotopic (exact) mass is 267 g/mol. The summed E-state index contributed by atoms with van der Waals surface area (Å²) in [6, 6.07) is 7.01. The van der Waals surface area contributed by atoms with Crippen molar-refractivity contribution < 1.29 is 14.7 Å². The van der Waals surface area contributed by atoms with Crippen molar-refractivity contribution in [3.8, 4) is 0 Å². The number of nitrogens with one attached hydrogen (secondary N) is 1. The number of halogens is 1. The molecule has 1 aromatic carbocycles. The fourth-order valence-corrected chi connectivity index (χ4v) is 2.46. The number of carboxylic acids is 1. The van der Waals surface area contributed by atoms with Gasteiger partial charge in [-0.2, -0.15) is 0 Å². The summed E-state index contributed by atoms with van der Waals surface area (Å²) in [7, 11) is 0. The molecule has 0 radical (unpaired) electrons. The minimum atomic E-state index is -0.865. The largest absolute Gasteiger partial charge is 0.481 e. The predicted molar refractivity (Wildman–Crippen MR) is 67.6 cm³/mol. The second kappa shape index (κ2) is 5.40. The maximum Gasteiger partial charge on any atom is 0.304 e. The van der Waals surface area contributed by atoms with Gasteiger partial charge in [-0.25, -0.2) is 0 Å². The van der Waals surface area contributed by atoms with Gasteiger partial charge in [0, 0.05) is 23.4 Å². The van der Waals surface area contributed by atoms with E-state index in [1.54, 1.807) is 12.1 Å². The molecular weight excluding hydrogens is 254 g/mol. The molecule has 2 N–H and O–H groups in total. The van der Waals surface area contributed by atoms with Crippen LogP contribution in [0.5, 0.6) is 0 Å². The Morgan fingerprint density at radius 2 is 2.11 bits per heavy atom. The molecule has 96 valence electrons. The molecule has 1 heterocycles. The van der Waals surface area contributed by atoms with Crippen molar-refractivity contribution in [2.75, 3.05) is 0 Å². The van der Waals surface area contributed by atoms with Crippen LogP contribution in [-0.4, -0.2) is 23.0 Å². The van der Waals surface area contributed by atoms with E-state index in [1.165, 1.54) is 0 Å². The van der Waals surface area contributed by atoms with Crippen LogP contribution in [0.4, 0.5) is 0 Å². The van der Waals surface area contributed by atoms with E-state index in [0.29, 0.717) is 17.9 Å². The summed E-state index contributed by atoms with van der Waals surface area (Å²) in [5.74, 6) is -1.08. The van der Waals surface area contributed by atoms with Crippen molar-refractivity contribution in [2.24, 2.45) is 0 Å². The number of carbonyl (C=O) groups excluding carboxylic acids is 1. The molecule has 4 nitrogen and oxygen atoms in total. The van der Waals surface area contributed by atoms with Crippen molar-refractivity contribution in [1.82, 2.24) is 5.32 Å². The van der Waals surface area contributed by atoms with Crippen molar-refractivity contribution in [3.63, 3.8) is 0 Å². The third-order valence-electron chi connectivity index (χ3n) is 3.21. The number of amides is 1. The lowest BCUT2D eigenvalue weighted by atomic mass is 9.88. The normalized spacial score (nSPS) is 20.5. The molecule has 1 aliphatic heterocycles. The minimum Gasteiger partial charge on any atom is -0.481 e. The van der Waals surface area contributed by atoms with Gasteiger partial charge in [-0.05, 0) is 24.1 Å². The van der Waals surface area contributed by atoms with Crippen molar-refractivity contribution >= 4 is 23.5 Å². The Morgan fingerprint density at radius 3 is 2.61 bits per heavy atom. The highest BCUT2D eigenvalue weighted by Crippen LogP contribution is 2.29. The molecule has 0 aliphatic carbocycles. The molecule has 5 heteroatoms. The number of carboxylic acid groups (broad SMARTS) is 1. The summed E-state index contributed by atoms with van der Waals surface area (Å²) in [5, 5.41) is 12.4. The molecule has 2 unspecified atom stereocenters. The van der Waals surface area contributed by atoms with Gasteiger partial charge in [-0.3, -0.25) is 9.59 Å². The SMILES string of the molecule is O=C(O)CC(c1ccc(Cl)cc1)C1CCC(=O)N1. The van der Waals surface area contributed by atoms with Crippen molar-refractivity contribution in [1.29, 1.82) is 0 Å². The predicted octanol–water partition coefficient (Wildman–Crippen LogP) is 2.18. The van der Waals surface area contributed by atoms with E-state index in [0.717, 1.165) is 5.56 Å². The summed E-state index contributed by atoms with van der Waals surface area (Å²) >= 11 is 5.82. The van der Waals surface area contributed by atoms with Crippen LogP contribution in [0, 0.1) is 0 Å². The number of aliphatic carboxylic acids is 1. The zero-order chi connectivity index (χ0) is 13.1. The van der Waals surface area contributed by atoms with Gasteiger partial charge in [0.05, 0.1) is 6.42 Å². The van der Waals surface area contributed by atoms with E-state index >= 15 is 0 Å². The van der Waals surface area contributed by atoms with Crippen LogP contribution in [-0.2, 0) is 9.59 Å². The third kappa shape index (κ3) is 3.01. The second-order valence-electron chi connectivity index (χ2n) is 4.47. The van der Waals surface area contributed by atoms with Gasteiger partial charge in [-0.15, -0.1) is 0 Å². The highest BCUT2D eigenvalue weighted by atomic mass is 35.5. The van der Waals surface area contributed by atoms with Crippen LogP contribution in [0.25, 0.3) is 0 Å². The molecule has 1 amide bonds. The highest BCUT2D eigenvalue weighted by Gasteiger charge is 2.31. The Morgan fingerprint density at radius 1 is 1.44 bits per heavy atom. The van der Waals surface area contributed by atoms with E-state index < -0.39 is 5.97 Å². The number of carbonyl (C=O) groups is 2. The first-order valence-electron chi connectivity index (χ1n) is 5.83. The van der Waals surface area contributed by atoms with Crippen LogP contribution in [0.15, 0.2) is 24.3 Å². The highest BCUT2D eigenvalue weighted by molar-refractivity contribution is 6.30. The standard InChI is InChI=1S/C13H14ClNO3/c14-9-3-1-8(2-4-9)10(7-13(17)18)11-5-6-12(16)15-11/h1-4,10-11H,5-7H2,(H,15,16)(H,17,18). The summed E-state index contributed by atoms with van der Waals surface area (Å²) in [6.45, 7) is 0. The molecule has 1 aliphatic rings. The maximum atomic E-state index is 11.2. The van der Waals surface area contributed by atoms with Crippen LogP contribution >= 0.6 is 11.6 Å². The van der Waals surface area contributed by atoms with E-state index in [4.69, 9.17) is 16.7 Å². The fraction of sp³-hybridized carbons (Fsp3) is 0.385. The van der Waals surface area contributed by atoms with Gasteiger partial charge >= 0.3 is 5.97 Å². The number of hydrogen-bond donors (Lipinski definition) is 2. The Hall–Kier alpha value is -1.55. The van der Waals surface area contributed by atoms with Crippen LogP contribution in [0.1, 0.15) is 30.7 Å². The zero-order valence-electron chi connectivity index (χ0n) is 9.73. The molecular formula is C13H14ClNO3. The van der Waals surface area contributed by atoms with Crippen LogP contribution < -0.4 is 5.32 Å². The van der Waals surface area contributed by atoms with E-state index in [-0.39, 0.29) is 24.3 Å². The summed E-state index contributed by atoms with van der Waals surface area (Å²) in [6.07, 6.45) is 1.15. The fourth-order valence-electron chi connectivity index (χ4n) is 2.33. The molecule has 18 heavy (non-hydrogen) atoms. The molecule has 0 spiro atoms. The third-order valence-corrected chi connectivity index (χ3v) is 3.46. The molecule has 0 aromatic heterocycles. The van der Waals surface area contributed by atoms with Crippen LogP contribution in [0.2, 0.25) is 5.02 Å². The number of benzene rings is 1. The Balaban J connectivity index is 2.21. The molecule has 1 fully saturated rings. The smallest absolute Gasteiger partial charge is 0.304 e. The topological polar surface area (TPSA) is 66.4 Å². The molecule has 2 rings (SSSR count). The van der Waals surface area contributed by atoms with Gasteiger partial charge in [-0.1, -0.05) is 23.7 Å². The number of rotatable bonds is 4. The molecule has 1 saturated heterocycles. The van der Waals surface area contributed by atoms with Gasteiger partial charge in [0.25, 0.3) is 0 Å². The summed E-state index contributed by atoms with van der Waals surface area (Å²) < 4.78 is 0. The second-order valence-corrected chi connectivity index (χ2v) is 4.91. The van der Waals surface area contributed by atoms with E-state index in [9.17, 15) is 9.59 Å². The van der Waals surface area contributed by atoms with Crippen molar-refractivity contribution in [2.45, 2.75) is 31.2 Å². The van der Waals surface area contributed by atoms with Gasteiger partial charge < -0.3 is 10.4 Å². The maximum absolute atomic E-state index is 11.2. The van der Waals surface area contributed by atoms with Gasteiger partial charge in [0.2, 0.25) is 5.91 Å². The molecule has 0 saturated carbocycles. The summed E-state index contributed by atoms with van der Waals surface area (Å²) in [5.41, 5.74) is 0.897. The quantitative estimate of drug-likeness (QED) is 0.879. The summed E-state index contributed by atoms with van der Waals surface area (Å²) in [4.78, 5) is 22.2. The molecule has 0 bridgehead atoms. The minimum absolute atomic E-state index is 0.00653. The zero-order valence-corrected chi connectivity index (χ0v) is 10.5. The lowest BCUT2D eigenvalue weighted by Crippen LogP contribution is -2.32. The van der Waals surface area contributed by atoms with E-state index in [2.05, 4.69) is 5.32 Å². The Labute approximate surface area is 110 Å². The van der Waals surface area contributed by atoms with Gasteiger partial charge in [0.1, 0.15) is 0 Å². The Bertz CT molecular complexity index is 458. The van der Waals surface area contributed by atoms with Crippen molar-refractivity contribution in [3.05, 3.63) is 34.9 Å². The first kappa shape index (κ1) is 12.9. The molecule has 2 atom stereocenters. The van der Waals surface area contributed by atoms with Crippen LogP contribution in [0.3, 0.4) is 0 Å². The average molecular weight is 268 g/mol. The first-order chi connectivity index (χ1) is 8.56.